The second kappa shape index (κ2) is 5.24. The van der Waals surface area contributed by atoms with Crippen molar-refractivity contribution < 1.29 is 9.53 Å². The quantitative estimate of drug-likeness (QED) is 0.795. The number of rotatable bonds is 1. The minimum atomic E-state index is -0.424. The first-order valence-corrected chi connectivity index (χ1v) is 7.75. The van der Waals surface area contributed by atoms with Gasteiger partial charge in [-0.1, -0.05) is 18.2 Å². The van der Waals surface area contributed by atoms with Crippen LogP contribution in [-0.4, -0.2) is 41.8 Å². The zero-order valence-corrected chi connectivity index (χ0v) is 13.1. The number of nitrogens with zero attached hydrogens (tertiary/aromatic N) is 2. The van der Waals surface area contributed by atoms with E-state index < -0.39 is 5.60 Å². The highest BCUT2D eigenvalue weighted by Crippen LogP contribution is 2.33. The number of benzene rings is 1. The second-order valence-electron chi connectivity index (χ2n) is 7.01. The fourth-order valence-electron chi connectivity index (χ4n) is 3.31. The van der Waals surface area contributed by atoms with Crippen LogP contribution in [-0.2, 0) is 4.74 Å². The van der Waals surface area contributed by atoms with Gasteiger partial charge in [-0.3, -0.25) is 0 Å². The van der Waals surface area contributed by atoms with Gasteiger partial charge in [0.05, 0.1) is 6.04 Å². The van der Waals surface area contributed by atoms with Crippen LogP contribution in [0.25, 0.3) is 0 Å². The van der Waals surface area contributed by atoms with Crippen LogP contribution in [0.5, 0.6) is 0 Å². The average Bonchev–Trinajstić information content (AvgIpc) is 2.47. The Kier molecular flexibility index (Phi) is 3.56. The molecule has 0 aliphatic carbocycles. The van der Waals surface area contributed by atoms with E-state index in [2.05, 4.69) is 29.2 Å². The molecule has 21 heavy (non-hydrogen) atoms. The van der Waals surface area contributed by atoms with E-state index in [4.69, 9.17) is 4.74 Å². The van der Waals surface area contributed by atoms with E-state index in [0.29, 0.717) is 6.04 Å². The highest BCUT2D eigenvalue weighted by Gasteiger charge is 2.42. The molecule has 4 heteroatoms. The lowest BCUT2D eigenvalue weighted by Crippen LogP contribution is -2.64. The summed E-state index contributed by atoms with van der Waals surface area (Å²) in [6.45, 7) is 7.44. The van der Waals surface area contributed by atoms with Crippen LogP contribution in [0, 0.1) is 0 Å². The Morgan fingerprint density at radius 3 is 2.33 bits per heavy atom. The third kappa shape index (κ3) is 2.99. The molecule has 1 aromatic carbocycles. The summed E-state index contributed by atoms with van der Waals surface area (Å²) in [7, 11) is 0. The first-order valence-electron chi connectivity index (χ1n) is 7.75. The molecule has 0 N–H and O–H groups in total. The van der Waals surface area contributed by atoms with Crippen molar-refractivity contribution in [3.05, 3.63) is 30.3 Å². The molecular formula is C17H24N2O2. The Hall–Kier alpha value is -1.71. The van der Waals surface area contributed by atoms with Gasteiger partial charge in [0.2, 0.25) is 0 Å². The third-order valence-corrected chi connectivity index (χ3v) is 4.25. The molecule has 2 unspecified atom stereocenters. The average molecular weight is 288 g/mol. The number of para-hydroxylation sites is 1. The summed E-state index contributed by atoms with van der Waals surface area (Å²) in [6, 6.07) is 11.2. The monoisotopic (exact) mass is 288 g/mol. The highest BCUT2D eigenvalue weighted by molar-refractivity contribution is 5.69. The van der Waals surface area contributed by atoms with E-state index in [1.807, 2.05) is 31.7 Å². The lowest BCUT2D eigenvalue weighted by molar-refractivity contribution is 0.000888. The van der Waals surface area contributed by atoms with Crippen LogP contribution >= 0.6 is 0 Å². The number of piperidine rings is 2. The molecule has 1 amide bonds. The molecule has 0 saturated carbocycles. The Bertz CT molecular complexity index is 509. The standard InChI is InChI=1S/C17H24N2O2/c1-17(2,3)21-16(20)19-12-14-9-10-15(19)11-18(14)13-7-5-4-6-8-13/h4-8,14-15H,9-12H2,1-3H3. The number of anilines is 1. The van der Waals surface area contributed by atoms with Gasteiger partial charge in [0.1, 0.15) is 5.60 Å². The first kappa shape index (κ1) is 14.2. The van der Waals surface area contributed by atoms with Crippen molar-refractivity contribution in [1.82, 2.24) is 4.90 Å². The maximum Gasteiger partial charge on any atom is 0.410 e. The van der Waals surface area contributed by atoms with E-state index in [9.17, 15) is 4.79 Å². The summed E-state index contributed by atoms with van der Waals surface area (Å²) in [5.41, 5.74) is 0.837. The van der Waals surface area contributed by atoms with E-state index in [1.54, 1.807) is 0 Å². The van der Waals surface area contributed by atoms with Crippen molar-refractivity contribution in [3.8, 4) is 0 Å². The molecule has 2 atom stereocenters. The van der Waals surface area contributed by atoms with Gasteiger partial charge < -0.3 is 14.5 Å². The van der Waals surface area contributed by atoms with Crippen molar-refractivity contribution >= 4 is 11.8 Å². The number of fused-ring (bicyclic) bond motifs is 3. The molecule has 114 valence electrons. The van der Waals surface area contributed by atoms with E-state index in [0.717, 1.165) is 25.9 Å². The van der Waals surface area contributed by atoms with Crippen LogP contribution in [0.1, 0.15) is 33.6 Å². The number of carbonyl (C=O) groups excluding carboxylic acids is 1. The van der Waals surface area contributed by atoms with Crippen LogP contribution in [0.2, 0.25) is 0 Å². The van der Waals surface area contributed by atoms with Crippen molar-refractivity contribution in [2.75, 3.05) is 18.0 Å². The summed E-state index contributed by atoms with van der Waals surface area (Å²) < 4.78 is 5.54. The summed E-state index contributed by atoms with van der Waals surface area (Å²) in [5.74, 6) is 0. The smallest absolute Gasteiger partial charge is 0.410 e. The predicted molar refractivity (Wildman–Crippen MR) is 83.5 cm³/mol. The second-order valence-corrected chi connectivity index (χ2v) is 7.01. The third-order valence-electron chi connectivity index (χ3n) is 4.25. The van der Waals surface area contributed by atoms with Crippen LogP contribution in [0.3, 0.4) is 0 Å². The maximum atomic E-state index is 12.3. The van der Waals surface area contributed by atoms with Crippen molar-refractivity contribution in [2.24, 2.45) is 0 Å². The summed E-state index contributed by atoms with van der Waals surface area (Å²) in [5, 5.41) is 0. The highest BCUT2D eigenvalue weighted by atomic mass is 16.6. The molecule has 4 nitrogen and oxygen atoms in total. The number of hydrogen-bond acceptors (Lipinski definition) is 3. The number of ether oxygens (including phenoxy) is 1. The largest absolute Gasteiger partial charge is 0.444 e. The zero-order valence-electron chi connectivity index (χ0n) is 13.1. The molecule has 1 aromatic rings. The van der Waals surface area contributed by atoms with Crippen molar-refractivity contribution in [2.45, 2.75) is 51.3 Å². The molecule has 3 saturated heterocycles. The zero-order chi connectivity index (χ0) is 15.0. The van der Waals surface area contributed by atoms with E-state index >= 15 is 0 Å². The van der Waals surface area contributed by atoms with Gasteiger partial charge in [-0.15, -0.1) is 0 Å². The minimum Gasteiger partial charge on any atom is -0.444 e. The SMILES string of the molecule is CC(C)(C)OC(=O)N1CC2CCC1CN2c1ccccc1. The van der Waals surface area contributed by atoms with Gasteiger partial charge in [-0.25, -0.2) is 4.79 Å². The number of hydrogen-bond donors (Lipinski definition) is 0. The molecule has 2 bridgehead atoms. The van der Waals surface area contributed by atoms with Crippen LogP contribution < -0.4 is 4.90 Å². The molecule has 0 aromatic heterocycles. The fraction of sp³-hybridized carbons (Fsp3) is 0.588. The van der Waals surface area contributed by atoms with Crippen molar-refractivity contribution in [1.29, 1.82) is 0 Å². The topological polar surface area (TPSA) is 32.8 Å². The summed E-state index contributed by atoms with van der Waals surface area (Å²) in [4.78, 5) is 16.7. The molecule has 3 fully saturated rings. The Balaban J connectivity index is 1.71. The Labute approximate surface area is 126 Å². The van der Waals surface area contributed by atoms with Gasteiger partial charge in [0.15, 0.2) is 0 Å². The van der Waals surface area contributed by atoms with Crippen LogP contribution in [0.4, 0.5) is 10.5 Å². The minimum absolute atomic E-state index is 0.162. The van der Waals surface area contributed by atoms with E-state index in [-0.39, 0.29) is 12.1 Å². The predicted octanol–water partition coefficient (Wildman–Crippen LogP) is 3.27. The molecule has 3 aliphatic rings. The van der Waals surface area contributed by atoms with E-state index in [1.165, 1.54) is 5.69 Å². The van der Waals surface area contributed by atoms with Gasteiger partial charge in [0.25, 0.3) is 0 Å². The Morgan fingerprint density at radius 2 is 1.76 bits per heavy atom. The first-order chi connectivity index (χ1) is 9.94. The molecule has 0 spiro atoms. The van der Waals surface area contributed by atoms with Crippen molar-refractivity contribution in [3.63, 3.8) is 0 Å². The number of amides is 1. The molecule has 0 radical (unpaired) electrons. The summed E-state index contributed by atoms with van der Waals surface area (Å²) >= 11 is 0. The molecule has 3 heterocycles. The fourth-order valence-corrected chi connectivity index (χ4v) is 3.31. The van der Waals surface area contributed by atoms with Gasteiger partial charge in [-0.05, 0) is 45.7 Å². The number of carbonyl (C=O) groups is 1. The van der Waals surface area contributed by atoms with Crippen LogP contribution in [0.15, 0.2) is 30.3 Å². The van der Waals surface area contributed by atoms with Gasteiger partial charge in [0, 0.05) is 24.8 Å². The number of piperazine rings is 1. The molecular weight excluding hydrogens is 264 g/mol. The molecule has 4 rings (SSSR count). The van der Waals surface area contributed by atoms with Gasteiger partial charge in [-0.2, -0.15) is 0 Å². The normalized spacial score (nSPS) is 25.1. The Morgan fingerprint density at radius 1 is 1.10 bits per heavy atom. The summed E-state index contributed by atoms with van der Waals surface area (Å²) in [6.07, 6.45) is 2.07. The lowest BCUT2D eigenvalue weighted by atomic mass is 9.90. The molecule has 3 aliphatic heterocycles. The van der Waals surface area contributed by atoms with Gasteiger partial charge >= 0.3 is 6.09 Å². The maximum absolute atomic E-state index is 12.3. The lowest BCUT2D eigenvalue weighted by Gasteiger charge is -2.52.